The Bertz CT molecular complexity index is 2920. The SMILES string of the molecule is COc1cc(C=C[C@H]2C3=CC[C@@H]4C(=O)N(c5ccc(Nc6ccccc6)cc5)C(=O)[C@@H]4[C@@H]3C[C@H]3C(=O)N(c4cc(-c5sc6ccc(Cl)cc6c5C)nn4C)C(=O)[C@@]23C)ccc1O. The number of hydrogen-bond donors (Lipinski definition) is 2. The number of aromatic nitrogens is 2. The van der Waals surface area contributed by atoms with Gasteiger partial charge in [-0.3, -0.25) is 28.8 Å². The van der Waals surface area contributed by atoms with E-state index in [2.05, 4.69) is 5.32 Å². The van der Waals surface area contributed by atoms with Crippen LogP contribution >= 0.6 is 22.9 Å². The molecule has 4 aromatic carbocycles. The van der Waals surface area contributed by atoms with E-state index >= 15 is 4.79 Å². The second kappa shape index (κ2) is 14.8. The highest BCUT2D eigenvalue weighted by atomic mass is 35.5. The van der Waals surface area contributed by atoms with Crippen LogP contribution < -0.4 is 19.9 Å². The molecule has 2 N–H and O–H groups in total. The number of halogens is 1. The highest BCUT2D eigenvalue weighted by Gasteiger charge is 2.67. The van der Waals surface area contributed by atoms with Crippen LogP contribution in [0.4, 0.5) is 22.9 Å². The molecule has 2 aromatic heterocycles. The number of fused-ring (bicyclic) bond motifs is 5. The lowest BCUT2D eigenvalue weighted by molar-refractivity contribution is -0.132. The Balaban J connectivity index is 1.02. The number of phenols is 1. The quantitative estimate of drug-likeness (QED) is 0.114. The summed E-state index contributed by atoms with van der Waals surface area (Å²) in [4.78, 5) is 62.6. The molecule has 6 atom stereocenters. The first kappa shape index (κ1) is 39.6. The summed E-state index contributed by atoms with van der Waals surface area (Å²) >= 11 is 7.92. The number of thiophene rings is 1. The van der Waals surface area contributed by atoms with E-state index in [9.17, 15) is 19.5 Å². The number of carbonyl (C=O) groups excluding carboxylic acids is 4. The van der Waals surface area contributed by atoms with Gasteiger partial charge in [-0.05, 0) is 116 Å². The van der Waals surface area contributed by atoms with Gasteiger partial charge in [0, 0.05) is 40.1 Å². The van der Waals surface area contributed by atoms with Crippen LogP contribution in [0.2, 0.25) is 5.02 Å². The fraction of sp³-hybridized carbons (Fsp3) is 0.245. The zero-order valence-corrected chi connectivity index (χ0v) is 35.9. The molecule has 0 spiro atoms. The zero-order valence-electron chi connectivity index (χ0n) is 34.3. The van der Waals surface area contributed by atoms with Gasteiger partial charge in [-0.15, -0.1) is 11.3 Å². The number of carbonyl (C=O) groups is 4. The van der Waals surface area contributed by atoms with Gasteiger partial charge in [0.25, 0.3) is 0 Å². The number of imide groups is 2. The molecule has 4 aliphatic rings. The number of para-hydroxylation sites is 1. The maximum Gasteiger partial charge on any atom is 0.242 e. The van der Waals surface area contributed by atoms with Crippen molar-refractivity contribution in [1.29, 1.82) is 0 Å². The minimum atomic E-state index is -1.24. The first-order valence-electron chi connectivity index (χ1n) is 20.5. The van der Waals surface area contributed by atoms with Gasteiger partial charge in [-0.25, -0.2) is 4.90 Å². The Kier molecular flexibility index (Phi) is 9.49. The fourth-order valence-corrected chi connectivity index (χ4v) is 11.6. The first-order chi connectivity index (χ1) is 29.9. The van der Waals surface area contributed by atoms with Gasteiger partial charge < -0.3 is 15.2 Å². The maximum absolute atomic E-state index is 15.2. The number of rotatable bonds is 8. The molecular formula is C49H42ClN5O6S. The fourth-order valence-electron chi connectivity index (χ4n) is 10.3. The number of aromatic hydroxyl groups is 1. The van der Waals surface area contributed by atoms with Crippen LogP contribution in [-0.2, 0) is 26.2 Å². The highest BCUT2D eigenvalue weighted by Crippen LogP contribution is 2.61. The number of nitrogens with zero attached hydrogens (tertiary/aromatic N) is 4. The summed E-state index contributed by atoms with van der Waals surface area (Å²) in [5, 5.41) is 20.1. The second-order valence-corrected chi connectivity index (χ2v) is 18.2. The molecule has 10 rings (SSSR count). The predicted molar refractivity (Wildman–Crippen MR) is 241 cm³/mol. The third kappa shape index (κ3) is 6.10. The molecule has 2 aliphatic carbocycles. The normalized spacial score (nSPS) is 24.5. The Morgan fingerprint density at radius 2 is 1.66 bits per heavy atom. The lowest BCUT2D eigenvalue weighted by Gasteiger charge is -2.47. The van der Waals surface area contributed by atoms with Crippen LogP contribution in [0.3, 0.4) is 0 Å². The predicted octanol–water partition coefficient (Wildman–Crippen LogP) is 9.70. The van der Waals surface area contributed by atoms with Gasteiger partial charge in [0.2, 0.25) is 23.6 Å². The number of amides is 4. The van der Waals surface area contributed by atoms with Gasteiger partial charge in [-0.2, -0.15) is 5.10 Å². The minimum absolute atomic E-state index is 0.0103. The van der Waals surface area contributed by atoms with Crippen LogP contribution in [0.1, 0.15) is 30.9 Å². The molecule has 6 aromatic rings. The number of aryl methyl sites for hydroxylation is 2. The number of anilines is 4. The topological polar surface area (TPSA) is 134 Å². The molecular weight excluding hydrogens is 822 g/mol. The summed E-state index contributed by atoms with van der Waals surface area (Å²) in [6, 6.07) is 29.5. The van der Waals surface area contributed by atoms with E-state index < -0.39 is 35.0 Å². The van der Waals surface area contributed by atoms with Crippen LogP contribution in [0, 0.1) is 41.9 Å². The van der Waals surface area contributed by atoms with Gasteiger partial charge in [0.15, 0.2) is 11.5 Å². The molecule has 1 saturated carbocycles. The van der Waals surface area contributed by atoms with Crippen molar-refractivity contribution < 1.29 is 29.0 Å². The number of allylic oxidation sites excluding steroid dienone is 3. The van der Waals surface area contributed by atoms with Crippen molar-refractivity contribution in [1.82, 2.24) is 9.78 Å². The molecule has 62 heavy (non-hydrogen) atoms. The van der Waals surface area contributed by atoms with Gasteiger partial charge in [0.05, 0.1) is 40.8 Å². The van der Waals surface area contributed by atoms with Crippen molar-refractivity contribution >= 4 is 85.6 Å². The second-order valence-electron chi connectivity index (χ2n) is 16.8. The smallest absolute Gasteiger partial charge is 0.242 e. The maximum atomic E-state index is 15.2. The molecule has 3 fully saturated rings. The Morgan fingerprint density at radius 3 is 2.42 bits per heavy atom. The third-order valence-corrected chi connectivity index (χ3v) is 15.0. The van der Waals surface area contributed by atoms with Crippen molar-refractivity contribution in [3.63, 3.8) is 0 Å². The Labute approximate surface area is 366 Å². The molecule has 2 aliphatic heterocycles. The summed E-state index contributed by atoms with van der Waals surface area (Å²) in [5.41, 5.74) is 4.18. The molecule has 0 bridgehead atoms. The van der Waals surface area contributed by atoms with Crippen molar-refractivity contribution in [3.05, 3.63) is 131 Å². The molecule has 312 valence electrons. The number of methoxy groups -OCH3 is 1. The summed E-state index contributed by atoms with van der Waals surface area (Å²) in [6.45, 7) is 3.86. The minimum Gasteiger partial charge on any atom is -0.504 e. The molecule has 13 heteroatoms. The molecule has 11 nitrogen and oxygen atoms in total. The van der Waals surface area contributed by atoms with E-state index in [4.69, 9.17) is 21.4 Å². The van der Waals surface area contributed by atoms with E-state index in [1.54, 1.807) is 53.4 Å². The van der Waals surface area contributed by atoms with E-state index in [1.165, 1.54) is 23.0 Å². The number of ether oxygens (including phenoxy) is 1. The van der Waals surface area contributed by atoms with Gasteiger partial charge in [0.1, 0.15) is 11.5 Å². The van der Waals surface area contributed by atoms with Gasteiger partial charge >= 0.3 is 0 Å². The zero-order chi connectivity index (χ0) is 43.2. The first-order valence-corrected chi connectivity index (χ1v) is 21.7. The van der Waals surface area contributed by atoms with E-state index in [0.29, 0.717) is 40.0 Å². The Morgan fingerprint density at radius 1 is 0.903 bits per heavy atom. The summed E-state index contributed by atoms with van der Waals surface area (Å²) in [7, 11) is 3.20. The van der Waals surface area contributed by atoms with E-state index in [0.717, 1.165) is 37.5 Å². The Hall–Kier alpha value is -6.50. The molecule has 4 amide bonds. The van der Waals surface area contributed by atoms with E-state index in [1.807, 2.05) is 92.7 Å². The summed E-state index contributed by atoms with van der Waals surface area (Å²) in [6.07, 6.45) is 6.36. The van der Waals surface area contributed by atoms with Crippen molar-refractivity contribution in [2.75, 3.05) is 22.2 Å². The average molecular weight is 864 g/mol. The number of benzene rings is 4. The van der Waals surface area contributed by atoms with Crippen LogP contribution in [0.5, 0.6) is 11.5 Å². The molecule has 2 saturated heterocycles. The van der Waals surface area contributed by atoms with Crippen LogP contribution in [0.15, 0.2) is 115 Å². The third-order valence-electron chi connectivity index (χ3n) is 13.4. The monoisotopic (exact) mass is 863 g/mol. The van der Waals surface area contributed by atoms with Crippen LogP contribution in [0.25, 0.3) is 26.7 Å². The number of nitrogens with one attached hydrogen (secondary N) is 1. The molecule has 0 unspecified atom stereocenters. The summed E-state index contributed by atoms with van der Waals surface area (Å²) in [5.74, 6) is -3.92. The molecule has 0 radical (unpaired) electrons. The average Bonchev–Trinajstić information content (AvgIpc) is 3.94. The van der Waals surface area contributed by atoms with Crippen molar-refractivity contribution in [3.8, 4) is 22.1 Å². The summed E-state index contributed by atoms with van der Waals surface area (Å²) < 4.78 is 8.01. The largest absolute Gasteiger partial charge is 0.504 e. The van der Waals surface area contributed by atoms with Crippen molar-refractivity contribution in [2.24, 2.45) is 42.1 Å². The van der Waals surface area contributed by atoms with Crippen LogP contribution in [-0.4, -0.2) is 45.6 Å². The highest BCUT2D eigenvalue weighted by molar-refractivity contribution is 7.22. The number of phenolic OH excluding ortho intramolecular Hbond substituents is 1. The lowest BCUT2D eigenvalue weighted by atomic mass is 9.52. The lowest BCUT2D eigenvalue weighted by Crippen LogP contribution is -2.49. The molecule has 4 heterocycles. The van der Waals surface area contributed by atoms with Crippen molar-refractivity contribution in [2.45, 2.75) is 26.7 Å². The standard InChI is InChI=1S/C49H42ClN5O6S/c1-26-34-23-28(50)12-21-41(34)62-44(26)38-25-42(53(3)52-38)55-46(58)37-24-35-32(36(49(37,2)48(55)60)19-10-27-11-20-39(56)40(22-27)61-4)17-18-33-43(35)47(59)54(45(33)57)31-15-13-30(14-16-31)51-29-8-6-5-7-9-29/h5-17,19-23,25,33,35-37,43,51,56H,18,24H2,1-4H3/t33-,35+,36-,37-,43-,49-/m0/s1. The van der Waals surface area contributed by atoms with Gasteiger partial charge in [-0.1, -0.05) is 59.7 Å². The number of hydrogen-bond acceptors (Lipinski definition) is 9. The van der Waals surface area contributed by atoms with E-state index in [-0.39, 0.29) is 35.8 Å².